The summed E-state index contributed by atoms with van der Waals surface area (Å²) in [7, 11) is 0. The zero-order valence-electron chi connectivity index (χ0n) is 9.83. The molecule has 0 aliphatic rings. The highest BCUT2D eigenvalue weighted by molar-refractivity contribution is 7.99. The number of para-hydroxylation sites is 3. The van der Waals surface area contributed by atoms with Gasteiger partial charge in [-0.2, -0.15) is 5.26 Å². The Kier molecular flexibility index (Phi) is 2.86. The number of nitriles is 1. The van der Waals surface area contributed by atoms with Crippen LogP contribution in [0.25, 0.3) is 11.1 Å². The number of anilines is 1. The second-order valence-electron chi connectivity index (χ2n) is 3.88. The van der Waals surface area contributed by atoms with Crippen LogP contribution >= 0.6 is 11.8 Å². The number of aromatic nitrogens is 1. The number of hydrogen-bond donors (Lipinski definition) is 1. The third-order valence-electron chi connectivity index (χ3n) is 2.66. The maximum atomic E-state index is 8.94. The molecule has 3 aromatic rings. The minimum Gasteiger partial charge on any atom is -0.431 e. The number of fused-ring (bicyclic) bond motifs is 1. The lowest BCUT2D eigenvalue weighted by molar-refractivity contribution is 0.489. The topological polar surface area (TPSA) is 75.8 Å². The Bertz CT molecular complexity index is 756. The first-order valence-electron chi connectivity index (χ1n) is 5.60. The molecule has 0 radical (unpaired) electrons. The highest BCUT2D eigenvalue weighted by Gasteiger charge is 2.11. The van der Waals surface area contributed by atoms with Gasteiger partial charge in [0.1, 0.15) is 11.6 Å². The Balaban J connectivity index is 1.99. The van der Waals surface area contributed by atoms with Crippen molar-refractivity contribution in [3.05, 3.63) is 48.0 Å². The summed E-state index contributed by atoms with van der Waals surface area (Å²) < 4.78 is 5.61. The van der Waals surface area contributed by atoms with Crippen LogP contribution in [0.4, 0.5) is 5.69 Å². The minimum atomic E-state index is 0.456. The Labute approximate surface area is 113 Å². The van der Waals surface area contributed by atoms with Gasteiger partial charge in [0.2, 0.25) is 0 Å². The summed E-state index contributed by atoms with van der Waals surface area (Å²) in [4.78, 5) is 5.13. The summed E-state index contributed by atoms with van der Waals surface area (Å²) >= 11 is 1.32. The van der Waals surface area contributed by atoms with E-state index in [-0.39, 0.29) is 0 Å². The molecule has 1 heterocycles. The van der Waals surface area contributed by atoms with Crippen molar-refractivity contribution in [1.29, 1.82) is 5.26 Å². The molecule has 0 saturated heterocycles. The molecule has 1 aromatic heterocycles. The molecule has 0 bridgehead atoms. The van der Waals surface area contributed by atoms with Crippen LogP contribution in [0, 0.1) is 11.3 Å². The summed E-state index contributed by atoms with van der Waals surface area (Å²) in [6, 6.07) is 14.9. The van der Waals surface area contributed by atoms with E-state index in [1.807, 2.05) is 30.3 Å². The number of oxazole rings is 1. The SMILES string of the molecule is N#Cc1cccc(Sc2nc3ccccc3o2)c1N. The van der Waals surface area contributed by atoms with Crippen molar-refractivity contribution >= 4 is 28.5 Å². The molecule has 2 N–H and O–H groups in total. The maximum Gasteiger partial charge on any atom is 0.261 e. The van der Waals surface area contributed by atoms with E-state index >= 15 is 0 Å². The molecule has 92 valence electrons. The third kappa shape index (κ3) is 2.14. The molecule has 0 saturated carbocycles. The van der Waals surface area contributed by atoms with Gasteiger partial charge in [-0.3, -0.25) is 0 Å². The van der Waals surface area contributed by atoms with Crippen LogP contribution in [-0.4, -0.2) is 4.98 Å². The Morgan fingerprint density at radius 2 is 2.00 bits per heavy atom. The predicted molar refractivity (Wildman–Crippen MR) is 73.7 cm³/mol. The van der Waals surface area contributed by atoms with Gasteiger partial charge in [-0.05, 0) is 36.0 Å². The average molecular weight is 267 g/mol. The van der Waals surface area contributed by atoms with Gasteiger partial charge in [0, 0.05) is 4.90 Å². The lowest BCUT2D eigenvalue weighted by atomic mass is 10.2. The average Bonchev–Trinajstić information content (AvgIpc) is 2.83. The van der Waals surface area contributed by atoms with Crippen molar-refractivity contribution in [3.8, 4) is 6.07 Å². The van der Waals surface area contributed by atoms with Crippen LogP contribution < -0.4 is 5.73 Å². The van der Waals surface area contributed by atoms with Gasteiger partial charge >= 0.3 is 0 Å². The highest BCUT2D eigenvalue weighted by Crippen LogP contribution is 2.34. The van der Waals surface area contributed by atoms with Gasteiger partial charge in [0.15, 0.2) is 5.58 Å². The van der Waals surface area contributed by atoms with Gasteiger partial charge in [0.25, 0.3) is 5.22 Å². The Morgan fingerprint density at radius 1 is 1.16 bits per heavy atom. The second kappa shape index (κ2) is 4.67. The molecule has 0 spiro atoms. The molecule has 0 aliphatic heterocycles. The number of rotatable bonds is 2. The molecule has 0 fully saturated rings. The number of nitrogens with two attached hydrogens (primary N) is 1. The van der Waals surface area contributed by atoms with Gasteiger partial charge in [-0.15, -0.1) is 0 Å². The molecular weight excluding hydrogens is 258 g/mol. The summed E-state index contributed by atoms with van der Waals surface area (Å²) in [5.74, 6) is 0. The molecule has 0 unspecified atom stereocenters. The van der Waals surface area contributed by atoms with Crippen LogP contribution in [0.1, 0.15) is 5.56 Å². The third-order valence-corrected chi connectivity index (χ3v) is 3.58. The molecule has 2 aromatic carbocycles. The molecular formula is C14H9N3OS. The number of nitrogens with zero attached hydrogens (tertiary/aromatic N) is 2. The van der Waals surface area contributed by atoms with Gasteiger partial charge < -0.3 is 10.2 Å². The zero-order chi connectivity index (χ0) is 13.2. The monoisotopic (exact) mass is 267 g/mol. The standard InChI is InChI=1S/C14H9N3OS/c15-8-9-4-3-7-12(13(9)16)19-14-17-10-5-1-2-6-11(10)18-14/h1-7H,16H2. The van der Waals surface area contributed by atoms with Crippen molar-refractivity contribution in [2.45, 2.75) is 10.1 Å². The normalized spacial score (nSPS) is 10.5. The zero-order valence-corrected chi connectivity index (χ0v) is 10.6. The summed E-state index contributed by atoms with van der Waals surface area (Å²) in [5.41, 5.74) is 8.38. The molecule has 0 amide bonds. The van der Waals surface area contributed by atoms with Crippen molar-refractivity contribution in [3.63, 3.8) is 0 Å². The molecule has 5 heteroatoms. The number of benzene rings is 2. The largest absolute Gasteiger partial charge is 0.431 e. The van der Waals surface area contributed by atoms with Crippen molar-refractivity contribution in [2.24, 2.45) is 0 Å². The van der Waals surface area contributed by atoms with E-state index in [4.69, 9.17) is 15.4 Å². The van der Waals surface area contributed by atoms with Gasteiger partial charge in [-0.1, -0.05) is 18.2 Å². The van der Waals surface area contributed by atoms with E-state index in [0.717, 1.165) is 16.0 Å². The van der Waals surface area contributed by atoms with Crippen molar-refractivity contribution in [1.82, 2.24) is 4.98 Å². The fourth-order valence-corrected chi connectivity index (χ4v) is 2.55. The van der Waals surface area contributed by atoms with Crippen LogP contribution in [0.5, 0.6) is 0 Å². The Hall–Kier alpha value is -2.45. The van der Waals surface area contributed by atoms with Gasteiger partial charge in [-0.25, -0.2) is 4.98 Å². The lowest BCUT2D eigenvalue weighted by Crippen LogP contribution is -1.92. The molecule has 3 rings (SSSR count). The van der Waals surface area contributed by atoms with Crippen molar-refractivity contribution < 1.29 is 4.42 Å². The van der Waals surface area contributed by atoms with Crippen molar-refractivity contribution in [2.75, 3.05) is 5.73 Å². The predicted octanol–water partition coefficient (Wildman–Crippen LogP) is 3.43. The van der Waals surface area contributed by atoms with Crippen LogP contribution in [0.15, 0.2) is 57.0 Å². The van der Waals surface area contributed by atoms with Crippen LogP contribution in [0.3, 0.4) is 0 Å². The Morgan fingerprint density at radius 3 is 2.79 bits per heavy atom. The van der Waals surface area contributed by atoms with E-state index in [1.165, 1.54) is 11.8 Å². The summed E-state index contributed by atoms with van der Waals surface area (Å²) in [5, 5.41) is 9.46. The first kappa shape index (κ1) is 11.6. The second-order valence-corrected chi connectivity index (χ2v) is 4.87. The van der Waals surface area contributed by atoms with E-state index in [2.05, 4.69) is 11.1 Å². The molecule has 19 heavy (non-hydrogen) atoms. The van der Waals surface area contributed by atoms with E-state index in [1.54, 1.807) is 12.1 Å². The molecule has 4 nitrogen and oxygen atoms in total. The summed E-state index contributed by atoms with van der Waals surface area (Å²) in [6.45, 7) is 0. The fraction of sp³-hybridized carbons (Fsp3) is 0. The van der Waals surface area contributed by atoms with Crippen LogP contribution in [0.2, 0.25) is 0 Å². The first-order valence-corrected chi connectivity index (χ1v) is 6.41. The van der Waals surface area contributed by atoms with E-state index in [9.17, 15) is 0 Å². The van der Waals surface area contributed by atoms with Gasteiger partial charge in [0.05, 0.1) is 11.3 Å². The minimum absolute atomic E-state index is 0.456. The quantitative estimate of drug-likeness (QED) is 0.720. The fourth-order valence-electron chi connectivity index (χ4n) is 1.72. The van der Waals surface area contributed by atoms with E-state index < -0.39 is 0 Å². The lowest BCUT2D eigenvalue weighted by Gasteiger charge is -2.03. The summed E-state index contributed by atoms with van der Waals surface area (Å²) in [6.07, 6.45) is 0. The van der Waals surface area contributed by atoms with E-state index in [0.29, 0.717) is 16.5 Å². The maximum absolute atomic E-state index is 8.94. The number of nitrogen functional groups attached to an aromatic ring is 1. The smallest absolute Gasteiger partial charge is 0.261 e. The van der Waals surface area contributed by atoms with Crippen LogP contribution in [-0.2, 0) is 0 Å². The first-order chi connectivity index (χ1) is 9.28. The number of hydrogen-bond acceptors (Lipinski definition) is 5. The highest BCUT2D eigenvalue weighted by atomic mass is 32.2. The molecule has 0 aliphatic carbocycles. The molecule has 0 atom stereocenters.